The van der Waals surface area contributed by atoms with Gasteiger partial charge in [0.2, 0.25) is 5.71 Å². The Morgan fingerprint density at radius 3 is 2.64 bits per heavy atom. The molecular formula is C27H16N2O3S. The lowest BCUT2D eigenvalue weighted by atomic mass is 10.0. The topological polar surface area (TPSA) is 65.3 Å². The molecule has 0 aliphatic heterocycles. The number of fused-ring (bicyclic) bond motifs is 11. The molecular weight excluding hydrogens is 432 g/mol. The molecule has 4 aromatic carbocycles. The molecule has 0 aliphatic rings. The average Bonchev–Trinajstić information content (AvgIpc) is 3.51. The molecule has 33 heavy (non-hydrogen) atoms. The molecule has 4 aromatic heterocycles. The van der Waals surface area contributed by atoms with E-state index in [2.05, 4.69) is 34.7 Å². The second kappa shape index (κ2) is 5.74. The number of phenolic OH excluding ortho intramolecular Hbond substituents is 1. The zero-order valence-corrected chi connectivity index (χ0v) is 18.3. The van der Waals surface area contributed by atoms with E-state index >= 15 is 0 Å². The maximum atomic E-state index is 12.7. The third-order valence-corrected chi connectivity index (χ3v) is 8.05. The van der Waals surface area contributed by atoms with Gasteiger partial charge in [-0.1, -0.05) is 24.3 Å². The smallest absolute Gasteiger partial charge is 0.214 e. The number of aromatic hydroxyl groups is 1. The predicted molar refractivity (Wildman–Crippen MR) is 135 cm³/mol. The van der Waals surface area contributed by atoms with Crippen molar-refractivity contribution in [2.45, 2.75) is 0 Å². The number of benzene rings is 4. The number of quaternary nitrogens is 1. The van der Waals surface area contributed by atoms with Crippen molar-refractivity contribution in [1.29, 1.82) is 0 Å². The van der Waals surface area contributed by atoms with Crippen LogP contribution in [0.1, 0.15) is 0 Å². The van der Waals surface area contributed by atoms with Crippen LogP contribution in [0.5, 0.6) is 5.75 Å². The Balaban J connectivity index is 1.68. The molecule has 1 atom stereocenters. The molecule has 0 aliphatic carbocycles. The Morgan fingerprint density at radius 2 is 1.76 bits per heavy atom. The minimum atomic E-state index is 0.0609. The zero-order chi connectivity index (χ0) is 22.0. The average molecular weight is 449 g/mol. The molecule has 5 nitrogen and oxygen atoms in total. The number of nitrogens with zero attached hydrogens (tertiary/aromatic N) is 1. The second-order valence-electron chi connectivity index (χ2n) is 8.72. The maximum Gasteiger partial charge on any atom is 0.214 e. The van der Waals surface area contributed by atoms with Crippen molar-refractivity contribution in [2.24, 2.45) is 0 Å². The highest BCUT2D eigenvalue weighted by atomic mass is 32.1. The van der Waals surface area contributed by atoms with E-state index in [1.165, 1.54) is 10.1 Å². The molecule has 6 heteroatoms. The molecule has 2 N–H and O–H groups in total. The van der Waals surface area contributed by atoms with E-state index in [-0.39, 0.29) is 10.8 Å². The predicted octanol–water partition coefficient (Wildman–Crippen LogP) is 6.30. The summed E-state index contributed by atoms with van der Waals surface area (Å²) in [7, 11) is 1.63. The first-order valence-electron chi connectivity index (χ1n) is 10.8. The van der Waals surface area contributed by atoms with E-state index in [4.69, 9.17) is 4.42 Å². The van der Waals surface area contributed by atoms with E-state index in [1.54, 1.807) is 30.5 Å². The van der Waals surface area contributed by atoms with Gasteiger partial charge in [0.15, 0.2) is 0 Å². The van der Waals surface area contributed by atoms with Crippen LogP contribution in [-0.4, -0.2) is 16.6 Å². The number of nitrogens with one attached hydrogen (secondary N) is 1. The van der Waals surface area contributed by atoms with E-state index in [9.17, 15) is 10.3 Å². The summed E-state index contributed by atoms with van der Waals surface area (Å²) in [6.07, 6.45) is 0. The molecule has 0 radical (unpaired) electrons. The quantitative estimate of drug-likeness (QED) is 0.290. The number of phenols is 1. The van der Waals surface area contributed by atoms with Crippen LogP contribution in [0.25, 0.3) is 69.4 Å². The minimum absolute atomic E-state index is 0.0609. The second-order valence-corrected chi connectivity index (χ2v) is 9.75. The van der Waals surface area contributed by atoms with Gasteiger partial charge in [0.25, 0.3) is 0 Å². The van der Waals surface area contributed by atoms with Gasteiger partial charge in [-0.25, -0.2) is 0 Å². The lowest BCUT2D eigenvalue weighted by Crippen LogP contribution is -2.98. The van der Waals surface area contributed by atoms with Crippen LogP contribution in [0.15, 0.2) is 71.1 Å². The molecule has 4 heterocycles. The first-order valence-corrected chi connectivity index (χ1v) is 11.6. The summed E-state index contributed by atoms with van der Waals surface area (Å²) < 4.78 is 9.90. The van der Waals surface area contributed by atoms with Crippen molar-refractivity contribution >= 4 is 86.5 Å². The lowest BCUT2D eigenvalue weighted by molar-refractivity contribution is -0.750. The molecule has 0 bridgehead atoms. The van der Waals surface area contributed by atoms with Crippen molar-refractivity contribution in [2.75, 3.05) is 7.05 Å². The van der Waals surface area contributed by atoms with Gasteiger partial charge >= 0.3 is 0 Å². The molecule has 0 spiro atoms. The van der Waals surface area contributed by atoms with Crippen molar-refractivity contribution in [3.63, 3.8) is 0 Å². The standard InChI is InChI=1S/C27H16N2O3S/c1-28(31)19-9-8-17-22-18-11-14-10-15(30)7-6-13(14)12-20(18)32-26(22)29-25(17)24(19)23-16-4-2-3-5-21(16)33-27(23)29/h2-12,28,30H,1H3. The number of hydrogen-bond acceptors (Lipinski definition) is 4. The van der Waals surface area contributed by atoms with Crippen molar-refractivity contribution in [3.8, 4) is 5.75 Å². The van der Waals surface area contributed by atoms with E-state index in [1.807, 2.05) is 24.3 Å². The lowest BCUT2D eigenvalue weighted by Gasteiger charge is -2.16. The molecule has 8 aromatic rings. The Labute approximate surface area is 190 Å². The van der Waals surface area contributed by atoms with Crippen molar-refractivity contribution < 1.29 is 14.6 Å². The third-order valence-electron chi connectivity index (χ3n) is 6.90. The molecule has 0 amide bonds. The van der Waals surface area contributed by atoms with Gasteiger partial charge in [-0.05, 0) is 47.2 Å². The Bertz CT molecular complexity index is 2080. The highest BCUT2D eigenvalue weighted by molar-refractivity contribution is 7.25. The highest BCUT2D eigenvalue weighted by Crippen LogP contribution is 2.49. The monoisotopic (exact) mass is 448 g/mol. The fraction of sp³-hybridized carbons (Fsp3) is 0.0370. The molecule has 1 unspecified atom stereocenters. The molecule has 0 saturated carbocycles. The van der Waals surface area contributed by atoms with Crippen LogP contribution in [-0.2, 0) is 0 Å². The summed E-state index contributed by atoms with van der Waals surface area (Å²) in [6.45, 7) is 0. The van der Waals surface area contributed by atoms with Gasteiger partial charge in [0, 0.05) is 32.3 Å². The van der Waals surface area contributed by atoms with Crippen LogP contribution in [0.3, 0.4) is 0 Å². The fourth-order valence-corrected chi connectivity index (χ4v) is 6.75. The zero-order valence-electron chi connectivity index (χ0n) is 17.5. The number of aromatic nitrogens is 1. The van der Waals surface area contributed by atoms with Gasteiger partial charge in [-0.15, -0.1) is 11.3 Å². The number of rotatable bonds is 1. The number of hydroxylamine groups is 1. The van der Waals surface area contributed by atoms with Crippen LogP contribution < -0.4 is 5.06 Å². The van der Waals surface area contributed by atoms with Gasteiger partial charge in [-0.2, -0.15) is 0 Å². The normalized spacial score (nSPS) is 13.8. The molecule has 158 valence electrons. The summed E-state index contributed by atoms with van der Waals surface area (Å²) in [4.78, 5) is 1.10. The van der Waals surface area contributed by atoms with Crippen LogP contribution >= 0.6 is 11.3 Å². The van der Waals surface area contributed by atoms with E-state index in [0.29, 0.717) is 0 Å². The van der Waals surface area contributed by atoms with Crippen LogP contribution in [0, 0.1) is 5.21 Å². The number of hydrogen-bond donors (Lipinski definition) is 2. The molecule has 0 fully saturated rings. The Morgan fingerprint density at radius 1 is 0.879 bits per heavy atom. The SMILES string of the molecule is C[NH+]([O-])c1ccc2c3c4cc5cc(O)ccc5cc4oc3n3c4sc5ccccc5c4c1c23. The van der Waals surface area contributed by atoms with E-state index < -0.39 is 0 Å². The van der Waals surface area contributed by atoms with Crippen LogP contribution in [0.2, 0.25) is 0 Å². The Kier molecular flexibility index (Phi) is 3.08. The first kappa shape index (κ1) is 17.7. The van der Waals surface area contributed by atoms with Crippen molar-refractivity contribution in [1.82, 2.24) is 4.40 Å². The largest absolute Gasteiger partial charge is 0.629 e. The summed E-state index contributed by atoms with van der Waals surface area (Å²) >= 11 is 1.73. The minimum Gasteiger partial charge on any atom is -0.629 e. The Hall–Kier alpha value is -3.84. The molecule has 0 saturated heterocycles. The van der Waals surface area contributed by atoms with Crippen LogP contribution in [0.4, 0.5) is 5.69 Å². The summed E-state index contributed by atoms with van der Waals surface area (Å²) in [6, 6.07) is 21.9. The number of thiophene rings is 1. The van der Waals surface area contributed by atoms with Crippen molar-refractivity contribution in [3.05, 3.63) is 71.9 Å². The van der Waals surface area contributed by atoms with Gasteiger partial charge < -0.3 is 19.8 Å². The summed E-state index contributed by atoms with van der Waals surface area (Å²) in [5, 5.41) is 31.1. The van der Waals surface area contributed by atoms with Gasteiger partial charge in [0.05, 0.1) is 23.3 Å². The fourth-order valence-electron chi connectivity index (χ4n) is 5.53. The summed E-state index contributed by atoms with van der Waals surface area (Å²) in [5.41, 5.74) is 3.40. The van der Waals surface area contributed by atoms with E-state index in [0.717, 1.165) is 65.0 Å². The highest BCUT2D eigenvalue weighted by Gasteiger charge is 2.27. The summed E-state index contributed by atoms with van der Waals surface area (Å²) in [5.74, 6) is 0.244. The number of furan rings is 1. The van der Waals surface area contributed by atoms with Gasteiger partial charge in [-0.3, -0.25) is 4.40 Å². The first-order chi connectivity index (χ1) is 16.1. The molecule has 8 rings (SSSR count). The maximum absolute atomic E-state index is 12.7. The third kappa shape index (κ3) is 2.04. The van der Waals surface area contributed by atoms with Gasteiger partial charge in [0.1, 0.15) is 21.9 Å².